The number of carbonyl (C=O) groups excluding carboxylic acids is 1. The van der Waals surface area contributed by atoms with E-state index in [1.807, 2.05) is 6.07 Å². The van der Waals surface area contributed by atoms with Gasteiger partial charge in [0.05, 0.1) is 11.8 Å². The fraction of sp³-hybridized carbons (Fsp3) is 0.440. The number of nitrogens with two attached hydrogens (primary N) is 1. The molecule has 2 unspecified atom stereocenters. The molecule has 1 aliphatic carbocycles. The number of ether oxygens (including phenoxy) is 2. The highest BCUT2D eigenvalue weighted by Crippen LogP contribution is 2.62. The third-order valence-corrected chi connectivity index (χ3v) is 8.46. The van der Waals surface area contributed by atoms with E-state index in [1.54, 1.807) is 50.2 Å². The maximum absolute atomic E-state index is 14.0. The Morgan fingerprint density at radius 1 is 1.25 bits per heavy atom. The average Bonchev–Trinajstić information content (AvgIpc) is 3.28. The van der Waals surface area contributed by atoms with Crippen molar-refractivity contribution < 1.29 is 38.1 Å². The third kappa shape index (κ3) is 4.71. The zero-order chi connectivity index (χ0) is 28.9. The molecule has 1 aliphatic heterocycles. The molecule has 1 saturated carbocycles. The minimum atomic E-state index is -4.32. The molecule has 2 fully saturated rings. The number of aliphatic hydroxyl groups is 2. The van der Waals surface area contributed by atoms with Gasteiger partial charge in [-0.3, -0.25) is 9.32 Å². The Bertz CT molecular complexity index is 1510. The molecule has 2 aromatic heterocycles. The molecule has 1 spiro atoms. The normalized spacial score (nSPS) is 29.7. The number of aliphatic hydroxyl groups excluding tert-OH is 2. The summed E-state index contributed by atoms with van der Waals surface area (Å²) in [7, 11) is -4.32. The van der Waals surface area contributed by atoms with Gasteiger partial charge < -0.3 is 29.9 Å². The zero-order valence-electron chi connectivity index (χ0n) is 21.9. The summed E-state index contributed by atoms with van der Waals surface area (Å²) in [5.41, 5.74) is 2.70. The van der Waals surface area contributed by atoms with Gasteiger partial charge in [0.1, 0.15) is 53.6 Å². The number of hydrogen-bond donors (Lipinski definition) is 4. The van der Waals surface area contributed by atoms with Crippen molar-refractivity contribution in [3.8, 4) is 11.8 Å². The fourth-order valence-electron chi connectivity index (χ4n) is 4.76. The van der Waals surface area contributed by atoms with Crippen molar-refractivity contribution in [3.05, 3.63) is 54.5 Å². The van der Waals surface area contributed by atoms with Crippen LogP contribution < -0.4 is 15.3 Å². The SMILES string of the molecule is CC(C)OC(=O)[C@H](C)NP(=O)(Oc1ccccc1)O[C@@H]1CC12O[C@@](C#N)(c1ccc3c(N)ncnn13)[C@H](O)[C@@H]2O. The number of aromatic nitrogens is 3. The first-order chi connectivity index (χ1) is 18.9. The van der Waals surface area contributed by atoms with Crippen molar-refractivity contribution in [1.82, 2.24) is 19.7 Å². The number of carbonyl (C=O) groups is 1. The van der Waals surface area contributed by atoms with Gasteiger partial charge in [-0.1, -0.05) is 18.2 Å². The third-order valence-electron chi connectivity index (χ3n) is 6.78. The molecule has 0 radical (unpaired) electrons. The molecular weight excluding hydrogens is 543 g/mol. The van der Waals surface area contributed by atoms with E-state index in [4.69, 9.17) is 24.3 Å². The lowest BCUT2D eigenvalue weighted by atomic mass is 9.92. The first kappa shape index (κ1) is 28.0. The minimum absolute atomic E-state index is 0.0380. The van der Waals surface area contributed by atoms with Gasteiger partial charge in [0.2, 0.25) is 5.60 Å². The number of nitrogens with zero attached hydrogens (tertiary/aromatic N) is 4. The highest BCUT2D eigenvalue weighted by Gasteiger charge is 2.76. The van der Waals surface area contributed by atoms with Crippen LogP contribution in [0.5, 0.6) is 5.75 Å². The molecule has 15 heteroatoms. The van der Waals surface area contributed by atoms with Crippen molar-refractivity contribution in [1.29, 1.82) is 5.26 Å². The molecule has 1 aromatic carbocycles. The van der Waals surface area contributed by atoms with Crippen LogP contribution in [-0.4, -0.2) is 66.8 Å². The summed E-state index contributed by atoms with van der Waals surface area (Å²) in [4.78, 5) is 16.4. The molecule has 7 atom stereocenters. The Kier molecular flexibility index (Phi) is 7.08. The Morgan fingerprint density at radius 2 is 1.98 bits per heavy atom. The highest BCUT2D eigenvalue weighted by molar-refractivity contribution is 7.52. The number of hydrogen-bond acceptors (Lipinski definition) is 12. The van der Waals surface area contributed by atoms with E-state index in [-0.39, 0.29) is 23.7 Å². The number of rotatable bonds is 9. The van der Waals surface area contributed by atoms with Gasteiger partial charge in [-0.25, -0.2) is 14.1 Å². The molecule has 1 saturated heterocycles. The Hall–Kier alpha value is -3.57. The van der Waals surface area contributed by atoms with E-state index in [1.165, 1.54) is 23.8 Å². The van der Waals surface area contributed by atoms with Gasteiger partial charge in [0.25, 0.3) is 0 Å². The minimum Gasteiger partial charge on any atom is -0.462 e. The number of nitrogen functional groups attached to an aromatic ring is 1. The lowest BCUT2D eigenvalue weighted by molar-refractivity contribution is -0.149. The van der Waals surface area contributed by atoms with Gasteiger partial charge in [0, 0.05) is 6.42 Å². The van der Waals surface area contributed by atoms with Crippen LogP contribution in [0.2, 0.25) is 0 Å². The van der Waals surface area contributed by atoms with Crippen molar-refractivity contribution >= 4 is 25.1 Å². The van der Waals surface area contributed by atoms with Gasteiger partial charge >= 0.3 is 13.7 Å². The number of benzene rings is 1. The topological polar surface area (TPSA) is 204 Å². The van der Waals surface area contributed by atoms with Crippen molar-refractivity contribution in [2.45, 2.75) is 68.9 Å². The molecule has 3 aromatic rings. The monoisotopic (exact) mass is 572 g/mol. The number of nitrogens with one attached hydrogen (secondary N) is 1. The van der Waals surface area contributed by atoms with E-state index < -0.39 is 55.4 Å². The maximum Gasteiger partial charge on any atom is 0.459 e. The molecule has 3 heterocycles. The van der Waals surface area contributed by atoms with Crippen LogP contribution in [0.1, 0.15) is 32.9 Å². The van der Waals surface area contributed by atoms with Crippen LogP contribution in [0.4, 0.5) is 5.82 Å². The molecule has 5 N–H and O–H groups in total. The molecule has 0 bridgehead atoms. The predicted octanol–water partition coefficient (Wildman–Crippen LogP) is 1.43. The van der Waals surface area contributed by atoms with E-state index in [2.05, 4.69) is 15.2 Å². The number of esters is 1. The lowest BCUT2D eigenvalue weighted by Gasteiger charge is -2.25. The number of fused-ring (bicyclic) bond motifs is 1. The molecule has 14 nitrogen and oxygen atoms in total. The van der Waals surface area contributed by atoms with Crippen LogP contribution in [0.15, 0.2) is 48.8 Å². The Morgan fingerprint density at radius 3 is 2.65 bits per heavy atom. The summed E-state index contributed by atoms with van der Waals surface area (Å²) in [6.07, 6.45) is -3.70. The van der Waals surface area contributed by atoms with Crippen LogP contribution in [0, 0.1) is 11.3 Å². The molecule has 40 heavy (non-hydrogen) atoms. The molecule has 0 amide bonds. The average molecular weight is 573 g/mol. The number of nitriles is 1. The van der Waals surface area contributed by atoms with Crippen LogP contribution in [0.25, 0.3) is 5.52 Å². The zero-order valence-corrected chi connectivity index (χ0v) is 22.8. The summed E-state index contributed by atoms with van der Waals surface area (Å²) >= 11 is 0. The smallest absolute Gasteiger partial charge is 0.459 e. The van der Waals surface area contributed by atoms with Crippen molar-refractivity contribution in [2.24, 2.45) is 0 Å². The number of anilines is 1. The van der Waals surface area contributed by atoms with Gasteiger partial charge in [-0.2, -0.15) is 15.4 Å². The van der Waals surface area contributed by atoms with Gasteiger partial charge in [0.15, 0.2) is 5.82 Å². The van der Waals surface area contributed by atoms with Gasteiger partial charge in [-0.05, 0) is 45.0 Å². The predicted molar refractivity (Wildman–Crippen MR) is 139 cm³/mol. The summed E-state index contributed by atoms with van der Waals surface area (Å²) in [5.74, 6) is -0.355. The van der Waals surface area contributed by atoms with Crippen LogP contribution >= 0.6 is 7.75 Å². The Balaban J connectivity index is 1.43. The highest BCUT2D eigenvalue weighted by atomic mass is 31.2. The largest absolute Gasteiger partial charge is 0.462 e. The molecule has 212 valence electrons. The first-order valence-corrected chi connectivity index (χ1v) is 14.1. The van der Waals surface area contributed by atoms with E-state index >= 15 is 0 Å². The van der Waals surface area contributed by atoms with Crippen molar-refractivity contribution in [3.63, 3.8) is 0 Å². The van der Waals surface area contributed by atoms with Crippen LogP contribution in [-0.2, 0) is 29.0 Å². The van der Waals surface area contributed by atoms with Crippen molar-refractivity contribution in [2.75, 3.05) is 5.73 Å². The second-order valence-electron chi connectivity index (χ2n) is 9.99. The second kappa shape index (κ2) is 10.1. The number of para-hydroxylation sites is 1. The molecule has 2 aliphatic rings. The van der Waals surface area contributed by atoms with E-state index in [0.717, 1.165) is 0 Å². The fourth-order valence-corrected chi connectivity index (χ4v) is 6.48. The summed E-state index contributed by atoms with van der Waals surface area (Å²) < 4.78 is 38.1. The summed E-state index contributed by atoms with van der Waals surface area (Å²) in [6, 6.07) is 12.1. The second-order valence-corrected chi connectivity index (χ2v) is 11.6. The molecule has 5 rings (SSSR count). The van der Waals surface area contributed by atoms with E-state index in [9.17, 15) is 24.8 Å². The quantitative estimate of drug-likeness (QED) is 0.212. The molecular formula is C25H29N6O8P. The Labute approximate surface area is 229 Å². The standard InChI is InChI=1S/C25H29N6O8P/c1-14(2)36-23(34)15(3)30-40(35,37-16-7-5-4-6-8-16)38-19-11-24(19)20(32)21(33)25(12-26,39-24)18-10-9-17-22(27)28-13-29-31(17)18/h4-10,13-15,19-21,32-33H,11H2,1-3H3,(H,30,35)(H2,27,28,29)/t15-,19+,20-,21+,24?,25-,40?/m0/s1. The van der Waals surface area contributed by atoms with E-state index in [0.29, 0.717) is 5.52 Å². The summed E-state index contributed by atoms with van der Waals surface area (Å²) in [5, 5.41) is 39.1. The maximum atomic E-state index is 14.0. The van der Waals surface area contributed by atoms with Gasteiger partial charge in [-0.15, -0.1) is 0 Å². The first-order valence-electron chi connectivity index (χ1n) is 12.5. The van der Waals surface area contributed by atoms with Crippen LogP contribution in [0.3, 0.4) is 0 Å². The lowest BCUT2D eigenvalue weighted by Crippen LogP contribution is -2.41. The summed E-state index contributed by atoms with van der Waals surface area (Å²) in [6.45, 7) is 4.79.